The quantitative estimate of drug-likeness (QED) is 0.306. The Bertz CT molecular complexity index is 1520. The molecule has 0 spiro atoms. The number of amides is 1. The van der Waals surface area contributed by atoms with Crippen LogP contribution in [0, 0.1) is 11.3 Å². The zero-order chi connectivity index (χ0) is 25.7. The van der Waals surface area contributed by atoms with Crippen molar-refractivity contribution >= 4 is 40.5 Å². The van der Waals surface area contributed by atoms with Crippen molar-refractivity contribution in [1.29, 1.82) is 5.26 Å². The van der Waals surface area contributed by atoms with Crippen LogP contribution in [0.5, 0.6) is 0 Å². The van der Waals surface area contributed by atoms with Crippen molar-refractivity contribution in [2.45, 2.75) is 6.54 Å². The summed E-state index contributed by atoms with van der Waals surface area (Å²) in [7, 11) is 0. The zero-order valence-corrected chi connectivity index (χ0v) is 20.3. The summed E-state index contributed by atoms with van der Waals surface area (Å²) in [5.74, 6) is -0.622. The third kappa shape index (κ3) is 5.25. The number of nitriles is 1. The third-order valence-electron chi connectivity index (χ3n) is 5.21. The summed E-state index contributed by atoms with van der Waals surface area (Å²) in [6.45, 7) is -0.477. The zero-order valence-electron chi connectivity index (χ0n) is 18.8. The fraction of sp³-hybridized carbons (Fsp3) is 0.0385. The molecule has 3 N–H and O–H groups in total. The summed E-state index contributed by atoms with van der Waals surface area (Å²) in [4.78, 5) is 26.2. The first kappa shape index (κ1) is 24.6. The first-order chi connectivity index (χ1) is 17.4. The van der Waals surface area contributed by atoms with E-state index in [9.17, 15) is 14.9 Å². The lowest BCUT2D eigenvalue weighted by Gasteiger charge is -2.23. The van der Waals surface area contributed by atoms with Gasteiger partial charge >= 0.3 is 0 Å². The highest BCUT2D eigenvalue weighted by Crippen LogP contribution is 2.31. The predicted molar refractivity (Wildman–Crippen MR) is 143 cm³/mol. The molecular formula is C26H19ClN6O2S. The molecule has 0 radical (unpaired) electrons. The maximum Gasteiger partial charge on any atom is 0.285 e. The summed E-state index contributed by atoms with van der Waals surface area (Å²) < 4.78 is 0.961. The van der Waals surface area contributed by atoms with Gasteiger partial charge in [0, 0.05) is 16.1 Å². The second-order valence-electron chi connectivity index (χ2n) is 7.59. The number of carbonyl (C=O) groups is 1. The van der Waals surface area contributed by atoms with Crippen LogP contribution in [0.3, 0.4) is 0 Å². The largest absolute Gasteiger partial charge is 0.374 e. The molecule has 0 saturated carbocycles. The number of nitrogens with zero attached hydrogens (tertiary/aromatic N) is 4. The minimum Gasteiger partial charge on any atom is -0.374 e. The van der Waals surface area contributed by atoms with Gasteiger partial charge in [-0.2, -0.15) is 10.4 Å². The van der Waals surface area contributed by atoms with Crippen LogP contribution in [0.2, 0.25) is 5.02 Å². The number of hydrazine groups is 1. The Kier molecular flexibility index (Phi) is 7.39. The van der Waals surface area contributed by atoms with Crippen LogP contribution in [0.1, 0.15) is 5.56 Å². The highest BCUT2D eigenvalue weighted by atomic mass is 35.5. The lowest BCUT2D eigenvalue weighted by atomic mass is 9.96. The van der Waals surface area contributed by atoms with Gasteiger partial charge in [0.25, 0.3) is 11.5 Å². The van der Waals surface area contributed by atoms with Gasteiger partial charge in [0.1, 0.15) is 23.9 Å². The first-order valence-electron chi connectivity index (χ1n) is 10.7. The van der Waals surface area contributed by atoms with E-state index in [1.807, 2.05) is 54.6 Å². The lowest BCUT2D eigenvalue weighted by molar-refractivity contribution is -0.121. The normalized spacial score (nSPS) is 10.3. The summed E-state index contributed by atoms with van der Waals surface area (Å²) in [6, 6.07) is 26.7. The molecule has 0 aliphatic carbocycles. The summed E-state index contributed by atoms with van der Waals surface area (Å²) in [5, 5.41) is 16.0. The Hall–Kier alpha value is -4.52. The van der Waals surface area contributed by atoms with E-state index in [1.54, 1.807) is 36.4 Å². The number of hydrogen-bond acceptors (Lipinski definition) is 5. The van der Waals surface area contributed by atoms with E-state index in [-0.39, 0.29) is 10.7 Å². The number of hydrogen-bond donors (Lipinski definition) is 2. The average molecular weight is 515 g/mol. The topological polar surface area (TPSA) is 117 Å². The molecule has 178 valence electrons. The molecule has 0 atom stereocenters. The monoisotopic (exact) mass is 514 g/mol. The molecule has 0 aliphatic rings. The molecule has 0 unspecified atom stereocenters. The van der Waals surface area contributed by atoms with Gasteiger partial charge in [-0.3, -0.25) is 15.0 Å². The number of nitrogens with two attached hydrogens (primary N) is 1. The summed E-state index contributed by atoms with van der Waals surface area (Å²) in [5.41, 5.74) is 10.2. The molecule has 10 heteroatoms. The number of carbonyl (C=O) groups excluding carboxylic acids is 1. The Morgan fingerprint density at radius 3 is 2.17 bits per heavy atom. The number of aromatic nitrogens is 2. The molecule has 4 aromatic rings. The van der Waals surface area contributed by atoms with Gasteiger partial charge in [-0.15, -0.1) is 0 Å². The molecule has 4 rings (SSSR count). The van der Waals surface area contributed by atoms with Gasteiger partial charge in [-0.1, -0.05) is 72.3 Å². The van der Waals surface area contributed by atoms with Gasteiger partial charge < -0.3 is 5.73 Å². The third-order valence-corrected chi connectivity index (χ3v) is 5.65. The molecule has 0 bridgehead atoms. The second-order valence-corrected chi connectivity index (χ2v) is 8.45. The molecule has 8 nitrogen and oxygen atoms in total. The van der Waals surface area contributed by atoms with Crippen LogP contribution in [0.4, 0.5) is 5.69 Å². The number of rotatable bonds is 5. The van der Waals surface area contributed by atoms with E-state index in [1.165, 1.54) is 5.01 Å². The summed E-state index contributed by atoms with van der Waals surface area (Å²) >= 11 is 11.0. The van der Waals surface area contributed by atoms with E-state index in [2.05, 4.69) is 10.5 Å². The SMILES string of the molecule is N#Cc1c(-c2ccccc2)c(-c2ccccc2)nn(CC(=O)NN(C(N)=S)c2ccc(Cl)cc2)c1=O. The highest BCUT2D eigenvalue weighted by Gasteiger charge is 2.22. The Balaban J connectivity index is 1.76. The molecule has 3 aromatic carbocycles. The van der Waals surface area contributed by atoms with Gasteiger partial charge in [-0.05, 0) is 42.0 Å². The maximum atomic E-state index is 13.3. The Morgan fingerprint density at radius 2 is 1.61 bits per heavy atom. The lowest BCUT2D eigenvalue weighted by Crippen LogP contribution is -2.50. The number of anilines is 1. The van der Waals surface area contributed by atoms with E-state index < -0.39 is 18.0 Å². The van der Waals surface area contributed by atoms with Crippen LogP contribution in [0.25, 0.3) is 22.4 Å². The highest BCUT2D eigenvalue weighted by molar-refractivity contribution is 7.80. The standard InChI is InChI=1S/C26H19ClN6O2S/c27-19-11-13-20(14-12-19)33(26(29)36)30-22(34)16-32-25(35)21(15-28)23(17-7-3-1-4-8-17)24(31-32)18-9-5-2-6-10-18/h1-14H,16H2,(H2,29,36)(H,30,34). The molecule has 1 amide bonds. The van der Waals surface area contributed by atoms with Gasteiger partial charge in [0.15, 0.2) is 5.11 Å². The molecule has 1 heterocycles. The van der Waals surface area contributed by atoms with Gasteiger partial charge in [0.2, 0.25) is 0 Å². The van der Waals surface area contributed by atoms with E-state index >= 15 is 0 Å². The number of halogens is 1. The smallest absolute Gasteiger partial charge is 0.285 e. The minimum absolute atomic E-state index is 0.118. The van der Waals surface area contributed by atoms with Crippen LogP contribution in [0.15, 0.2) is 89.7 Å². The van der Waals surface area contributed by atoms with Crippen LogP contribution in [-0.4, -0.2) is 20.8 Å². The number of benzene rings is 3. The van der Waals surface area contributed by atoms with Crippen molar-refractivity contribution in [3.05, 3.63) is 106 Å². The summed E-state index contributed by atoms with van der Waals surface area (Å²) in [6.07, 6.45) is 0. The Morgan fingerprint density at radius 1 is 1.03 bits per heavy atom. The van der Waals surface area contributed by atoms with Gasteiger partial charge in [0.05, 0.1) is 5.69 Å². The molecule has 0 fully saturated rings. The van der Waals surface area contributed by atoms with Crippen molar-refractivity contribution in [2.75, 3.05) is 5.01 Å². The van der Waals surface area contributed by atoms with Crippen molar-refractivity contribution in [2.24, 2.45) is 5.73 Å². The first-order valence-corrected chi connectivity index (χ1v) is 11.5. The fourth-order valence-electron chi connectivity index (χ4n) is 3.60. The van der Waals surface area contributed by atoms with Crippen molar-refractivity contribution in [3.63, 3.8) is 0 Å². The average Bonchev–Trinajstić information content (AvgIpc) is 2.89. The van der Waals surface area contributed by atoms with Gasteiger partial charge in [-0.25, -0.2) is 9.69 Å². The number of nitrogens with one attached hydrogen (secondary N) is 1. The van der Waals surface area contributed by atoms with E-state index in [0.717, 1.165) is 4.68 Å². The van der Waals surface area contributed by atoms with Crippen LogP contribution < -0.4 is 21.7 Å². The van der Waals surface area contributed by atoms with Crippen molar-refractivity contribution in [1.82, 2.24) is 15.2 Å². The number of thiocarbonyl (C=S) groups is 1. The maximum absolute atomic E-state index is 13.3. The molecule has 0 aliphatic heterocycles. The van der Waals surface area contributed by atoms with Crippen molar-refractivity contribution < 1.29 is 4.79 Å². The minimum atomic E-state index is -0.695. The van der Waals surface area contributed by atoms with E-state index in [4.69, 9.17) is 29.6 Å². The van der Waals surface area contributed by atoms with E-state index in [0.29, 0.717) is 33.1 Å². The molecule has 1 aromatic heterocycles. The fourth-order valence-corrected chi connectivity index (χ4v) is 3.88. The predicted octanol–water partition coefficient (Wildman–Crippen LogP) is 3.88. The van der Waals surface area contributed by atoms with Crippen LogP contribution >= 0.6 is 23.8 Å². The molecule has 0 saturated heterocycles. The Labute approximate surface area is 217 Å². The molecule has 36 heavy (non-hydrogen) atoms. The van der Waals surface area contributed by atoms with Crippen LogP contribution in [-0.2, 0) is 11.3 Å². The second kappa shape index (κ2) is 10.8. The molecular weight excluding hydrogens is 496 g/mol. The van der Waals surface area contributed by atoms with Crippen molar-refractivity contribution in [3.8, 4) is 28.5 Å².